The molecule has 0 atom stereocenters. The standard InChI is InChI=1S/C17H19N3/c1-3-7-13(2)15-12-20(17(19)10-6-11-18)16-9-5-4-8-14(15)16/h3-6,8-12H,1-2,7,18-19H2/b11-6-,17-10+. The van der Waals surface area contributed by atoms with Crippen LogP contribution in [-0.2, 0) is 0 Å². The molecule has 2 rings (SSSR count). The van der Waals surface area contributed by atoms with Crippen molar-refractivity contribution < 1.29 is 0 Å². The molecule has 0 fully saturated rings. The number of nitrogens with two attached hydrogens (primary N) is 2. The number of para-hydroxylation sites is 1. The third kappa shape index (κ3) is 2.52. The molecule has 0 aliphatic heterocycles. The van der Waals surface area contributed by atoms with E-state index in [-0.39, 0.29) is 0 Å². The molecule has 0 aliphatic rings. The van der Waals surface area contributed by atoms with E-state index < -0.39 is 0 Å². The van der Waals surface area contributed by atoms with Gasteiger partial charge in [-0.2, -0.15) is 0 Å². The minimum absolute atomic E-state index is 0.612. The minimum Gasteiger partial charge on any atom is -0.405 e. The van der Waals surface area contributed by atoms with Crippen LogP contribution in [0.2, 0.25) is 0 Å². The van der Waals surface area contributed by atoms with E-state index in [9.17, 15) is 0 Å². The first-order valence-electron chi connectivity index (χ1n) is 6.42. The average molecular weight is 265 g/mol. The molecule has 1 aromatic heterocycles. The van der Waals surface area contributed by atoms with E-state index in [1.807, 2.05) is 35.0 Å². The monoisotopic (exact) mass is 265 g/mol. The summed E-state index contributed by atoms with van der Waals surface area (Å²) in [6, 6.07) is 8.11. The van der Waals surface area contributed by atoms with Gasteiger partial charge in [-0.3, -0.25) is 0 Å². The molecule has 0 spiro atoms. The predicted molar refractivity (Wildman–Crippen MR) is 87.6 cm³/mol. The molecule has 0 saturated carbocycles. The molecule has 2 aromatic rings. The highest BCUT2D eigenvalue weighted by molar-refractivity contribution is 5.94. The summed E-state index contributed by atoms with van der Waals surface area (Å²) in [6.45, 7) is 7.88. The van der Waals surface area contributed by atoms with Gasteiger partial charge in [-0.15, -0.1) is 6.58 Å². The summed E-state index contributed by atoms with van der Waals surface area (Å²) >= 11 is 0. The van der Waals surface area contributed by atoms with Crippen LogP contribution in [0, 0.1) is 0 Å². The topological polar surface area (TPSA) is 57.0 Å². The molecule has 0 aliphatic carbocycles. The quantitative estimate of drug-likeness (QED) is 0.642. The zero-order valence-electron chi connectivity index (χ0n) is 11.4. The summed E-state index contributed by atoms with van der Waals surface area (Å²) in [5.41, 5.74) is 14.6. The van der Waals surface area contributed by atoms with Gasteiger partial charge in [0.05, 0.1) is 5.52 Å². The largest absolute Gasteiger partial charge is 0.405 e. The van der Waals surface area contributed by atoms with Crippen LogP contribution in [0.4, 0.5) is 0 Å². The second-order valence-corrected chi connectivity index (χ2v) is 4.50. The molecule has 102 valence electrons. The number of hydrogen-bond acceptors (Lipinski definition) is 2. The van der Waals surface area contributed by atoms with Crippen LogP contribution in [0.3, 0.4) is 0 Å². The van der Waals surface area contributed by atoms with Crippen molar-refractivity contribution in [3.05, 3.63) is 73.6 Å². The summed E-state index contributed by atoms with van der Waals surface area (Å²) in [4.78, 5) is 0. The van der Waals surface area contributed by atoms with E-state index in [0.29, 0.717) is 5.82 Å². The summed E-state index contributed by atoms with van der Waals surface area (Å²) in [5, 5.41) is 1.13. The molecule has 0 unspecified atom stereocenters. The maximum atomic E-state index is 6.10. The molecule has 0 radical (unpaired) electrons. The molecule has 20 heavy (non-hydrogen) atoms. The summed E-state index contributed by atoms with van der Waals surface area (Å²) < 4.78 is 1.94. The molecule has 1 aromatic carbocycles. The Morgan fingerprint density at radius 1 is 1.30 bits per heavy atom. The first-order valence-corrected chi connectivity index (χ1v) is 6.42. The lowest BCUT2D eigenvalue weighted by molar-refractivity contribution is 1.12. The van der Waals surface area contributed by atoms with Crippen LogP contribution in [0.25, 0.3) is 22.3 Å². The van der Waals surface area contributed by atoms with Gasteiger partial charge in [-0.05, 0) is 36.4 Å². The van der Waals surface area contributed by atoms with Gasteiger partial charge >= 0.3 is 0 Å². The van der Waals surface area contributed by atoms with Gasteiger partial charge in [0.15, 0.2) is 0 Å². The molecule has 1 heterocycles. The second-order valence-electron chi connectivity index (χ2n) is 4.50. The van der Waals surface area contributed by atoms with Crippen molar-refractivity contribution in [1.82, 2.24) is 4.57 Å². The Morgan fingerprint density at radius 3 is 2.75 bits per heavy atom. The summed E-state index contributed by atoms with van der Waals surface area (Å²) in [7, 11) is 0. The first-order chi connectivity index (χ1) is 9.69. The fourth-order valence-corrected chi connectivity index (χ4v) is 2.19. The molecular formula is C17H19N3. The minimum atomic E-state index is 0.612. The summed E-state index contributed by atoms with van der Waals surface area (Å²) in [5.74, 6) is 0.612. The third-order valence-electron chi connectivity index (χ3n) is 3.14. The lowest BCUT2D eigenvalue weighted by atomic mass is 10.0. The van der Waals surface area contributed by atoms with Gasteiger partial charge in [0.25, 0.3) is 0 Å². The molecule has 0 amide bonds. The zero-order chi connectivity index (χ0) is 14.5. The van der Waals surface area contributed by atoms with Gasteiger partial charge in [0.1, 0.15) is 5.82 Å². The third-order valence-corrected chi connectivity index (χ3v) is 3.14. The van der Waals surface area contributed by atoms with Gasteiger partial charge in [0.2, 0.25) is 0 Å². The van der Waals surface area contributed by atoms with E-state index in [1.54, 1.807) is 12.2 Å². The average Bonchev–Trinajstić information content (AvgIpc) is 2.85. The predicted octanol–water partition coefficient (Wildman–Crippen LogP) is 3.46. The lowest BCUT2D eigenvalue weighted by Gasteiger charge is -2.03. The van der Waals surface area contributed by atoms with E-state index >= 15 is 0 Å². The highest BCUT2D eigenvalue weighted by Crippen LogP contribution is 2.29. The fourth-order valence-electron chi connectivity index (χ4n) is 2.19. The van der Waals surface area contributed by atoms with E-state index in [1.165, 1.54) is 6.20 Å². The number of rotatable bonds is 5. The Morgan fingerprint density at radius 2 is 2.05 bits per heavy atom. The lowest BCUT2D eigenvalue weighted by Crippen LogP contribution is -2.04. The van der Waals surface area contributed by atoms with Crippen LogP contribution >= 0.6 is 0 Å². The number of fused-ring (bicyclic) bond motifs is 1. The SMILES string of the molecule is C=CCC(=C)c1cn(/C(N)=C/C=C\N)c2ccccc12. The molecule has 3 nitrogen and oxygen atoms in total. The maximum absolute atomic E-state index is 6.10. The Kier molecular flexibility index (Phi) is 4.11. The second kappa shape index (κ2) is 5.97. The van der Waals surface area contributed by atoms with Crippen LogP contribution < -0.4 is 11.5 Å². The molecule has 0 bridgehead atoms. The van der Waals surface area contributed by atoms with Crippen molar-refractivity contribution in [2.75, 3.05) is 0 Å². The molecule has 0 saturated heterocycles. The maximum Gasteiger partial charge on any atom is 0.107 e. The molecule has 4 N–H and O–H groups in total. The van der Waals surface area contributed by atoms with Crippen molar-refractivity contribution in [3.63, 3.8) is 0 Å². The van der Waals surface area contributed by atoms with Crippen molar-refractivity contribution in [3.8, 4) is 0 Å². The van der Waals surface area contributed by atoms with Crippen molar-refractivity contribution >= 4 is 22.3 Å². The smallest absolute Gasteiger partial charge is 0.107 e. The van der Waals surface area contributed by atoms with Gasteiger partial charge in [-0.25, -0.2) is 0 Å². The number of hydrogen-bond donors (Lipinski definition) is 2. The number of allylic oxidation sites excluding steroid dienone is 4. The Bertz CT molecular complexity index is 702. The normalized spacial score (nSPS) is 12.1. The molecule has 3 heteroatoms. The number of benzene rings is 1. The van der Waals surface area contributed by atoms with E-state index in [4.69, 9.17) is 11.5 Å². The number of aromatic nitrogens is 1. The van der Waals surface area contributed by atoms with Gasteiger partial charge in [-0.1, -0.05) is 30.9 Å². The fraction of sp³-hybridized carbons (Fsp3) is 0.0588. The van der Waals surface area contributed by atoms with Crippen LogP contribution in [0.15, 0.2) is 68.0 Å². The highest BCUT2D eigenvalue weighted by Gasteiger charge is 2.10. The van der Waals surface area contributed by atoms with Crippen LogP contribution in [0.1, 0.15) is 12.0 Å². The highest BCUT2D eigenvalue weighted by atomic mass is 15.1. The van der Waals surface area contributed by atoms with Crippen LogP contribution in [0.5, 0.6) is 0 Å². The van der Waals surface area contributed by atoms with E-state index in [0.717, 1.165) is 28.5 Å². The van der Waals surface area contributed by atoms with Crippen molar-refractivity contribution in [1.29, 1.82) is 0 Å². The van der Waals surface area contributed by atoms with Crippen molar-refractivity contribution in [2.45, 2.75) is 6.42 Å². The van der Waals surface area contributed by atoms with Gasteiger partial charge < -0.3 is 16.0 Å². The Balaban J connectivity index is 2.62. The van der Waals surface area contributed by atoms with Crippen molar-refractivity contribution in [2.24, 2.45) is 11.5 Å². The Labute approximate surface area is 119 Å². The Hall–Kier alpha value is -2.68. The molecular weight excluding hydrogens is 246 g/mol. The number of nitrogens with zero attached hydrogens (tertiary/aromatic N) is 1. The summed E-state index contributed by atoms with van der Waals surface area (Å²) in [6.07, 6.45) is 9.54. The zero-order valence-corrected chi connectivity index (χ0v) is 11.4. The van der Waals surface area contributed by atoms with Crippen LogP contribution in [-0.4, -0.2) is 4.57 Å². The first kappa shape index (κ1) is 13.7. The van der Waals surface area contributed by atoms with Gasteiger partial charge in [0, 0.05) is 17.1 Å². The van der Waals surface area contributed by atoms with E-state index in [2.05, 4.69) is 19.2 Å².